The van der Waals surface area contributed by atoms with Gasteiger partial charge in [-0.2, -0.15) is 0 Å². The van der Waals surface area contributed by atoms with Crippen molar-refractivity contribution in [2.24, 2.45) is 0 Å². The maximum absolute atomic E-state index is 13.3. The highest BCUT2D eigenvalue weighted by atomic mass is 32.1. The predicted octanol–water partition coefficient (Wildman–Crippen LogP) is 6.56. The van der Waals surface area contributed by atoms with Crippen molar-refractivity contribution in [1.29, 1.82) is 0 Å². The first kappa shape index (κ1) is 29.8. The van der Waals surface area contributed by atoms with Crippen molar-refractivity contribution in [3.05, 3.63) is 124 Å². The summed E-state index contributed by atoms with van der Waals surface area (Å²) in [7, 11) is 1.48. The van der Waals surface area contributed by atoms with Crippen molar-refractivity contribution in [2.45, 2.75) is 32.4 Å². The number of methoxy groups -OCH3 is 1. The summed E-state index contributed by atoms with van der Waals surface area (Å²) in [6.07, 6.45) is 1.93. The van der Waals surface area contributed by atoms with E-state index in [-0.39, 0.29) is 30.1 Å². The van der Waals surface area contributed by atoms with Crippen molar-refractivity contribution in [3.8, 4) is 11.4 Å². The molecule has 1 aliphatic heterocycles. The van der Waals surface area contributed by atoms with E-state index >= 15 is 0 Å². The maximum atomic E-state index is 13.3. The second kappa shape index (κ2) is 12.4. The second-order valence-corrected chi connectivity index (χ2v) is 11.3. The lowest BCUT2D eigenvalue weighted by Crippen LogP contribution is -2.33. The number of hydrogen-bond acceptors (Lipinski definition) is 6. The number of aryl methyl sites for hydroxylation is 1. The highest BCUT2D eigenvalue weighted by molar-refractivity contribution is 7.80. The molecule has 0 saturated carbocycles. The highest BCUT2D eigenvalue weighted by Gasteiger charge is 2.41. The van der Waals surface area contributed by atoms with Crippen molar-refractivity contribution in [3.63, 3.8) is 0 Å². The number of nitro groups is 1. The maximum Gasteiger partial charge on any atom is 0.296 e. The molecule has 11 heteroatoms. The topological polar surface area (TPSA) is 115 Å². The van der Waals surface area contributed by atoms with Crippen LogP contribution in [0.5, 0.6) is 5.75 Å². The quantitative estimate of drug-likeness (QED) is 0.108. The number of nitro benzene ring substituents is 1. The van der Waals surface area contributed by atoms with Crippen LogP contribution < -0.4 is 15.4 Å². The molecule has 3 heterocycles. The van der Waals surface area contributed by atoms with E-state index in [1.165, 1.54) is 13.2 Å². The number of nitrogens with zero attached hydrogens (tertiary/aromatic N) is 4. The highest BCUT2D eigenvalue weighted by Crippen LogP contribution is 2.42. The van der Waals surface area contributed by atoms with Crippen molar-refractivity contribution < 1.29 is 14.5 Å². The van der Waals surface area contributed by atoms with Crippen molar-refractivity contribution in [1.82, 2.24) is 19.8 Å². The van der Waals surface area contributed by atoms with E-state index in [4.69, 9.17) is 17.0 Å². The van der Waals surface area contributed by atoms with E-state index in [0.29, 0.717) is 23.1 Å². The van der Waals surface area contributed by atoms with Gasteiger partial charge in [0.05, 0.1) is 35.9 Å². The Morgan fingerprint density at radius 1 is 1.07 bits per heavy atom. The molecule has 0 aliphatic carbocycles. The fraction of sp³-hybridized carbons (Fsp3) is 0.206. The summed E-state index contributed by atoms with van der Waals surface area (Å²) in [6.45, 7) is 4.21. The lowest BCUT2D eigenvalue weighted by molar-refractivity contribution is -0.384. The van der Waals surface area contributed by atoms with Gasteiger partial charge in [-0.25, -0.2) is 0 Å². The third-order valence-electron chi connectivity index (χ3n) is 8.25. The van der Waals surface area contributed by atoms with Crippen LogP contribution in [0.25, 0.3) is 16.5 Å². The van der Waals surface area contributed by atoms with Gasteiger partial charge in [-0.15, -0.1) is 0 Å². The Kier molecular flexibility index (Phi) is 8.18. The smallest absolute Gasteiger partial charge is 0.296 e. The Morgan fingerprint density at radius 3 is 2.60 bits per heavy atom. The minimum Gasteiger partial charge on any atom is -0.496 e. The molecule has 2 aromatic heterocycles. The zero-order valence-corrected chi connectivity index (χ0v) is 25.9. The van der Waals surface area contributed by atoms with Crippen LogP contribution in [0.4, 0.5) is 11.4 Å². The molecule has 45 heavy (non-hydrogen) atoms. The number of nitrogens with one attached hydrogen (secondary N) is 2. The molecule has 0 bridgehead atoms. The van der Waals surface area contributed by atoms with Gasteiger partial charge in [0.15, 0.2) is 5.11 Å². The minimum absolute atomic E-state index is 0.0639. The standard InChI is InChI=1S/C34H32N6O4S/c1-21-19-26(22(2)39(21)29-15-14-24(44-3)20-30(29)40(42)43)33-32(28-12-6-7-17-35-28)37-34(45)38(33)18-16-31(41)36-27-13-8-10-23-9-4-5-11-25(23)27/h4-15,17,19-20,32-33H,16,18H2,1-3H3,(H,36,41)(H,37,45). The first-order valence-corrected chi connectivity index (χ1v) is 14.9. The number of anilines is 1. The summed E-state index contributed by atoms with van der Waals surface area (Å²) in [4.78, 5) is 31.6. The van der Waals surface area contributed by atoms with E-state index in [1.807, 2.05) is 90.0 Å². The first-order chi connectivity index (χ1) is 21.8. The SMILES string of the molecule is COc1ccc(-n2c(C)cc(C3C(c4ccccn4)NC(=S)N3CCC(=O)Nc3cccc4ccccc34)c2C)c([N+](=O)[O-])c1. The number of aromatic nitrogens is 2. The number of fused-ring (bicyclic) bond motifs is 1. The lowest BCUT2D eigenvalue weighted by atomic mass is 9.96. The summed E-state index contributed by atoms with van der Waals surface area (Å²) >= 11 is 5.84. The summed E-state index contributed by atoms with van der Waals surface area (Å²) in [6, 6.07) is 25.7. The van der Waals surface area contributed by atoms with Crippen LogP contribution in [-0.4, -0.2) is 44.0 Å². The Labute approximate surface area is 265 Å². The van der Waals surface area contributed by atoms with Crippen LogP contribution in [-0.2, 0) is 4.79 Å². The van der Waals surface area contributed by atoms with Gasteiger partial charge in [0.1, 0.15) is 11.4 Å². The molecule has 1 amide bonds. The Morgan fingerprint density at radius 2 is 1.84 bits per heavy atom. The molecular formula is C34H32N6O4S. The van der Waals surface area contributed by atoms with Crippen LogP contribution >= 0.6 is 12.2 Å². The summed E-state index contributed by atoms with van der Waals surface area (Å²) < 4.78 is 7.14. The Hall–Kier alpha value is -5.29. The number of amides is 1. The molecule has 228 valence electrons. The third-order valence-corrected chi connectivity index (χ3v) is 8.60. The zero-order valence-electron chi connectivity index (χ0n) is 25.1. The summed E-state index contributed by atoms with van der Waals surface area (Å²) in [5, 5.41) is 21.1. The van der Waals surface area contributed by atoms with Crippen molar-refractivity contribution >= 4 is 45.4 Å². The zero-order chi connectivity index (χ0) is 31.7. The Balaban J connectivity index is 1.34. The van der Waals surface area contributed by atoms with Gasteiger partial charge in [-0.05, 0) is 73.4 Å². The van der Waals surface area contributed by atoms with E-state index in [0.717, 1.165) is 39.1 Å². The molecule has 1 aliphatic rings. The van der Waals surface area contributed by atoms with Gasteiger partial charge in [-0.3, -0.25) is 19.9 Å². The van der Waals surface area contributed by atoms with Crippen LogP contribution in [0.3, 0.4) is 0 Å². The molecule has 2 atom stereocenters. The van der Waals surface area contributed by atoms with Gasteiger partial charge in [-0.1, -0.05) is 42.5 Å². The number of carbonyl (C=O) groups excluding carboxylic acids is 1. The minimum atomic E-state index is -0.403. The van der Waals surface area contributed by atoms with E-state index < -0.39 is 4.92 Å². The largest absolute Gasteiger partial charge is 0.496 e. The molecule has 10 nitrogen and oxygen atoms in total. The van der Waals surface area contributed by atoms with Gasteiger partial charge in [0.2, 0.25) is 5.91 Å². The van der Waals surface area contributed by atoms with Gasteiger partial charge >= 0.3 is 0 Å². The van der Waals surface area contributed by atoms with Gasteiger partial charge in [0, 0.05) is 41.6 Å². The number of thiocarbonyl (C=S) groups is 1. The number of hydrogen-bond donors (Lipinski definition) is 2. The number of rotatable bonds is 9. The molecule has 5 aromatic rings. The fourth-order valence-corrected chi connectivity index (χ4v) is 6.51. The summed E-state index contributed by atoms with van der Waals surface area (Å²) in [5.41, 5.74) is 4.50. The lowest BCUT2D eigenvalue weighted by Gasteiger charge is -2.28. The van der Waals surface area contributed by atoms with Gasteiger partial charge in [0.25, 0.3) is 5.69 Å². The predicted molar refractivity (Wildman–Crippen MR) is 178 cm³/mol. The molecule has 2 N–H and O–H groups in total. The summed E-state index contributed by atoms with van der Waals surface area (Å²) in [5.74, 6) is 0.273. The van der Waals surface area contributed by atoms with E-state index in [9.17, 15) is 14.9 Å². The number of benzene rings is 3. The molecule has 1 saturated heterocycles. The number of ether oxygens (including phenoxy) is 1. The third kappa shape index (κ3) is 5.69. The van der Waals surface area contributed by atoms with E-state index in [2.05, 4.69) is 15.6 Å². The van der Waals surface area contributed by atoms with Crippen LogP contribution in [0.1, 0.15) is 41.1 Å². The number of carbonyl (C=O) groups is 1. The fourth-order valence-electron chi connectivity index (χ4n) is 6.18. The molecule has 1 fully saturated rings. The molecule has 3 aromatic carbocycles. The van der Waals surface area contributed by atoms with Crippen LogP contribution in [0.2, 0.25) is 0 Å². The molecule has 0 spiro atoms. The normalized spacial score (nSPS) is 16.1. The van der Waals surface area contributed by atoms with Gasteiger partial charge < -0.3 is 24.8 Å². The number of pyridine rings is 1. The van der Waals surface area contributed by atoms with Crippen LogP contribution in [0, 0.1) is 24.0 Å². The molecule has 6 rings (SSSR count). The molecule has 0 radical (unpaired) electrons. The Bertz CT molecular complexity index is 1920. The average Bonchev–Trinajstić information content (AvgIpc) is 3.53. The van der Waals surface area contributed by atoms with E-state index in [1.54, 1.807) is 18.3 Å². The molecule has 2 unspecified atom stereocenters. The average molecular weight is 621 g/mol. The first-order valence-electron chi connectivity index (χ1n) is 14.5. The second-order valence-electron chi connectivity index (χ2n) is 10.9. The molecular weight excluding hydrogens is 588 g/mol. The van der Waals surface area contributed by atoms with Crippen molar-refractivity contribution in [2.75, 3.05) is 19.0 Å². The van der Waals surface area contributed by atoms with Crippen LogP contribution in [0.15, 0.2) is 91.1 Å². The monoisotopic (exact) mass is 620 g/mol.